The number of rotatable bonds is 3. The molecule has 0 radical (unpaired) electrons. The number of nitriles is 1. The Kier molecular flexibility index (Phi) is 3.03. The second-order valence-corrected chi connectivity index (χ2v) is 3.88. The minimum absolute atomic E-state index is 0.0489. The van der Waals surface area contributed by atoms with Gasteiger partial charge in [-0.25, -0.2) is 14.5 Å². The third-order valence-corrected chi connectivity index (χ3v) is 2.75. The van der Waals surface area contributed by atoms with E-state index in [1.54, 1.807) is 6.07 Å². The zero-order valence-electron chi connectivity index (χ0n) is 9.14. The van der Waals surface area contributed by atoms with Crippen LogP contribution in [0.2, 0.25) is 0 Å². The van der Waals surface area contributed by atoms with Crippen LogP contribution in [-0.2, 0) is 7.05 Å². The number of hydrogen-bond donors (Lipinski definition) is 1. The number of aromatic nitrogens is 3. The van der Waals surface area contributed by atoms with Gasteiger partial charge in [0.25, 0.3) is 0 Å². The third kappa shape index (κ3) is 1.93. The fourth-order valence-corrected chi connectivity index (χ4v) is 1.77. The third-order valence-electron chi connectivity index (χ3n) is 2.30. The molecule has 2 heterocycles. The Hall–Kier alpha value is -2.34. The molecule has 0 saturated carbocycles. The predicted molar refractivity (Wildman–Crippen MR) is 61.9 cm³/mol. The molecule has 8 nitrogen and oxygen atoms in total. The summed E-state index contributed by atoms with van der Waals surface area (Å²) in [4.78, 5) is 17.9. The van der Waals surface area contributed by atoms with Crippen molar-refractivity contribution in [1.29, 1.82) is 5.26 Å². The molecule has 0 aliphatic carbocycles. The molecule has 0 aliphatic heterocycles. The van der Waals surface area contributed by atoms with E-state index in [4.69, 9.17) is 9.68 Å². The van der Waals surface area contributed by atoms with Gasteiger partial charge in [-0.15, -0.1) is 0 Å². The number of oxazole rings is 1. The molecule has 0 amide bonds. The van der Waals surface area contributed by atoms with E-state index in [2.05, 4.69) is 22.6 Å². The summed E-state index contributed by atoms with van der Waals surface area (Å²) in [5.74, 6) is 0.374. The zero-order chi connectivity index (χ0) is 13.3. The van der Waals surface area contributed by atoms with E-state index in [0.29, 0.717) is 5.82 Å². The highest BCUT2D eigenvalue weighted by atomic mass is 32.1. The number of hydrogen-bond acceptors (Lipinski definition) is 7. The monoisotopic (exact) mass is 265 g/mol. The second kappa shape index (κ2) is 4.50. The molecule has 1 unspecified atom stereocenters. The van der Waals surface area contributed by atoms with Gasteiger partial charge in [-0.2, -0.15) is 17.9 Å². The van der Waals surface area contributed by atoms with Gasteiger partial charge < -0.3 is 14.5 Å². The van der Waals surface area contributed by atoms with Crippen molar-refractivity contribution in [2.24, 2.45) is 7.05 Å². The van der Waals surface area contributed by atoms with Crippen LogP contribution in [0.3, 0.4) is 0 Å². The molecule has 0 fully saturated rings. The van der Waals surface area contributed by atoms with Gasteiger partial charge in [-0.1, -0.05) is 0 Å². The Morgan fingerprint density at radius 3 is 2.83 bits per heavy atom. The van der Waals surface area contributed by atoms with Crippen molar-refractivity contribution < 1.29 is 9.34 Å². The molecule has 0 N–H and O–H groups in total. The van der Waals surface area contributed by atoms with Crippen molar-refractivity contribution in [1.82, 2.24) is 14.5 Å². The van der Waals surface area contributed by atoms with Gasteiger partial charge in [0.05, 0.1) is 13.2 Å². The lowest BCUT2D eigenvalue weighted by atomic mass is 10.4. The smallest absolute Gasteiger partial charge is 0.342 e. The van der Waals surface area contributed by atoms with E-state index in [9.17, 15) is 10.1 Å². The first-order valence-corrected chi connectivity index (χ1v) is 5.26. The maximum absolute atomic E-state index is 10.7. The summed E-state index contributed by atoms with van der Waals surface area (Å²) in [6.45, 7) is 0. The summed E-state index contributed by atoms with van der Waals surface area (Å²) in [5.41, 5.74) is 0. The van der Waals surface area contributed by atoms with Crippen molar-refractivity contribution in [3.63, 3.8) is 0 Å². The fourth-order valence-electron chi connectivity index (χ4n) is 1.41. The second-order valence-electron chi connectivity index (χ2n) is 3.37. The van der Waals surface area contributed by atoms with Crippen molar-refractivity contribution >= 4 is 18.4 Å². The lowest BCUT2D eigenvalue weighted by molar-refractivity contribution is -0.391. The summed E-state index contributed by atoms with van der Waals surface area (Å²) < 4.78 is 6.39. The lowest BCUT2D eigenvalue weighted by Crippen LogP contribution is -2.05. The van der Waals surface area contributed by atoms with E-state index in [0.717, 1.165) is 6.20 Å². The molecule has 2 aromatic heterocycles. The molecule has 2 aromatic rings. The van der Waals surface area contributed by atoms with Crippen LogP contribution in [0.4, 0.5) is 5.82 Å². The average molecular weight is 265 g/mol. The molecule has 18 heavy (non-hydrogen) atoms. The summed E-state index contributed by atoms with van der Waals surface area (Å²) in [5, 5.41) is 18.6. The summed E-state index contributed by atoms with van der Waals surface area (Å²) >= 11 is 4.24. The van der Waals surface area contributed by atoms with Gasteiger partial charge in [0.2, 0.25) is 17.5 Å². The molecular weight excluding hydrogens is 258 g/mol. The predicted octanol–water partition coefficient (Wildman–Crippen LogP) is 1.21. The van der Waals surface area contributed by atoms with Crippen LogP contribution in [0.15, 0.2) is 16.8 Å². The first-order valence-electron chi connectivity index (χ1n) is 4.74. The number of thiol groups is 1. The van der Waals surface area contributed by atoms with Gasteiger partial charge in [-0.3, -0.25) is 0 Å². The van der Waals surface area contributed by atoms with Crippen LogP contribution < -0.4 is 0 Å². The standard InChI is InChI=1S/C9H7N5O3S/c1-13-6(14(15)16)4-11-8(13)7(18)9-12-3-5(2-10)17-9/h3-4,7,18H,1H3. The van der Waals surface area contributed by atoms with E-state index in [1.165, 1.54) is 17.8 Å². The molecule has 0 spiro atoms. The van der Waals surface area contributed by atoms with Gasteiger partial charge in [0.15, 0.2) is 5.25 Å². The van der Waals surface area contributed by atoms with Crippen molar-refractivity contribution in [3.8, 4) is 6.07 Å². The first-order chi connectivity index (χ1) is 8.54. The van der Waals surface area contributed by atoms with Crippen molar-refractivity contribution in [2.75, 3.05) is 0 Å². The largest absolute Gasteiger partial charge is 0.428 e. The maximum Gasteiger partial charge on any atom is 0.342 e. The first kappa shape index (κ1) is 12.1. The molecule has 0 aromatic carbocycles. The minimum Gasteiger partial charge on any atom is -0.428 e. The Balaban J connectivity index is 2.37. The summed E-state index contributed by atoms with van der Waals surface area (Å²) in [7, 11) is 1.50. The average Bonchev–Trinajstić information content (AvgIpc) is 2.94. The molecule has 0 bridgehead atoms. The highest BCUT2D eigenvalue weighted by molar-refractivity contribution is 7.80. The van der Waals surface area contributed by atoms with Crippen LogP contribution in [0.25, 0.3) is 0 Å². The number of imidazole rings is 1. The van der Waals surface area contributed by atoms with Gasteiger partial charge in [0, 0.05) is 0 Å². The Morgan fingerprint density at radius 1 is 1.61 bits per heavy atom. The zero-order valence-corrected chi connectivity index (χ0v) is 10.0. The van der Waals surface area contributed by atoms with Crippen LogP contribution in [-0.4, -0.2) is 19.5 Å². The molecule has 2 rings (SSSR count). The van der Waals surface area contributed by atoms with Gasteiger partial charge in [-0.05, 0) is 4.92 Å². The van der Waals surface area contributed by atoms with Crippen molar-refractivity contribution in [3.05, 3.63) is 40.0 Å². The molecule has 0 aliphatic rings. The van der Waals surface area contributed by atoms with Crippen LogP contribution in [0.5, 0.6) is 0 Å². The SMILES string of the molecule is Cn1c([N+](=O)[O-])cnc1C(S)c1ncc(C#N)o1. The molecule has 1 atom stereocenters. The summed E-state index contributed by atoms with van der Waals surface area (Å²) in [6, 6.07) is 1.79. The molecule has 92 valence electrons. The maximum atomic E-state index is 10.7. The Labute approximate surface area is 106 Å². The van der Waals surface area contributed by atoms with Crippen LogP contribution >= 0.6 is 12.6 Å². The highest BCUT2D eigenvalue weighted by Gasteiger charge is 2.26. The number of nitro groups is 1. The topological polar surface area (TPSA) is 111 Å². The van der Waals surface area contributed by atoms with Crippen LogP contribution in [0.1, 0.15) is 22.7 Å². The van der Waals surface area contributed by atoms with E-state index < -0.39 is 10.2 Å². The molecule has 9 heteroatoms. The fraction of sp³-hybridized carbons (Fsp3) is 0.222. The highest BCUT2D eigenvalue weighted by Crippen LogP contribution is 2.28. The Morgan fingerprint density at radius 2 is 2.33 bits per heavy atom. The van der Waals surface area contributed by atoms with E-state index in [-0.39, 0.29) is 17.5 Å². The number of nitrogens with zero attached hydrogens (tertiary/aromatic N) is 5. The van der Waals surface area contributed by atoms with E-state index in [1.807, 2.05) is 0 Å². The molecule has 0 saturated heterocycles. The normalized spacial score (nSPS) is 12.1. The summed E-state index contributed by atoms with van der Waals surface area (Å²) in [6.07, 6.45) is 2.39. The van der Waals surface area contributed by atoms with Gasteiger partial charge >= 0.3 is 5.82 Å². The molecular formula is C9H7N5O3S. The lowest BCUT2D eigenvalue weighted by Gasteiger charge is -2.03. The van der Waals surface area contributed by atoms with Crippen LogP contribution in [0, 0.1) is 21.4 Å². The minimum atomic E-state index is -0.675. The quantitative estimate of drug-likeness (QED) is 0.507. The van der Waals surface area contributed by atoms with E-state index >= 15 is 0 Å². The Bertz CT molecular complexity index is 641. The van der Waals surface area contributed by atoms with Crippen molar-refractivity contribution in [2.45, 2.75) is 5.25 Å². The van der Waals surface area contributed by atoms with Gasteiger partial charge in [0.1, 0.15) is 12.3 Å².